The summed E-state index contributed by atoms with van der Waals surface area (Å²) < 4.78 is 0. The van der Waals surface area contributed by atoms with E-state index in [9.17, 15) is 4.79 Å². The van der Waals surface area contributed by atoms with Gasteiger partial charge in [-0.25, -0.2) is 0 Å². The molecule has 0 atom stereocenters. The number of carbonyl (C=O) groups excluding carboxylic acids is 1. The van der Waals surface area contributed by atoms with E-state index in [4.69, 9.17) is 5.73 Å². The molecule has 1 amide bonds. The molecule has 5 aromatic rings. The summed E-state index contributed by atoms with van der Waals surface area (Å²) in [5.41, 5.74) is 12.4. The van der Waals surface area contributed by atoms with Gasteiger partial charge in [0.15, 0.2) is 0 Å². The molecule has 7 nitrogen and oxygen atoms in total. The number of carbonyl (C=O) groups is 1. The van der Waals surface area contributed by atoms with Gasteiger partial charge in [0.05, 0.1) is 5.52 Å². The van der Waals surface area contributed by atoms with Gasteiger partial charge in [0, 0.05) is 63.7 Å². The highest BCUT2D eigenvalue weighted by atomic mass is 16.1. The minimum absolute atomic E-state index is 0.177. The Morgan fingerprint density at radius 1 is 0.676 bits per heavy atom. The van der Waals surface area contributed by atoms with E-state index in [2.05, 4.69) is 25.9 Å². The van der Waals surface area contributed by atoms with Crippen molar-refractivity contribution < 1.29 is 4.79 Å². The van der Waals surface area contributed by atoms with Crippen LogP contribution in [0.3, 0.4) is 0 Å². The second-order valence-electron chi connectivity index (χ2n) is 7.73. The van der Waals surface area contributed by atoms with Crippen LogP contribution in [-0.2, 0) is 0 Å². The molecule has 0 spiro atoms. The molecular weight excluding hydrogens is 424 g/mol. The van der Waals surface area contributed by atoms with Crippen LogP contribution in [0.5, 0.6) is 0 Å². The molecule has 34 heavy (non-hydrogen) atoms. The highest BCUT2D eigenvalue weighted by molar-refractivity contribution is 6.04. The first-order valence-corrected chi connectivity index (χ1v) is 10.7. The zero-order chi connectivity index (χ0) is 23.3. The van der Waals surface area contributed by atoms with E-state index < -0.39 is 0 Å². The number of nitrogens with two attached hydrogens (primary N) is 1. The van der Waals surface area contributed by atoms with Crippen LogP contribution in [-0.4, -0.2) is 15.9 Å². The fourth-order valence-electron chi connectivity index (χ4n) is 3.58. The van der Waals surface area contributed by atoms with E-state index in [0.29, 0.717) is 16.9 Å². The fraction of sp³-hybridized carbons (Fsp3) is 0. The van der Waals surface area contributed by atoms with E-state index in [1.54, 1.807) is 30.7 Å². The van der Waals surface area contributed by atoms with Crippen LogP contribution >= 0.6 is 0 Å². The number of pyridine rings is 2. The molecular formula is C27H22N6O. The quantitative estimate of drug-likeness (QED) is 0.240. The van der Waals surface area contributed by atoms with Crippen LogP contribution in [0, 0.1) is 0 Å². The van der Waals surface area contributed by atoms with Crippen LogP contribution < -0.4 is 21.7 Å². The van der Waals surface area contributed by atoms with Crippen LogP contribution in [0.1, 0.15) is 10.4 Å². The molecule has 166 valence electrons. The standard InChI is InChI=1S/C27H22N6O/c28-19-3-10-25-24(17-19)26(13-16-30-25)32-21-4-1-18(2-5-21)27(34)33-22-8-6-20(7-9-22)31-23-11-14-29-15-12-23/h1-17H,28H2,(H,29,31)(H,30,32)(H,33,34). The zero-order valence-electron chi connectivity index (χ0n) is 18.2. The van der Waals surface area contributed by atoms with Crippen molar-refractivity contribution in [2.24, 2.45) is 0 Å². The maximum Gasteiger partial charge on any atom is 0.255 e. The van der Waals surface area contributed by atoms with Gasteiger partial charge >= 0.3 is 0 Å². The lowest BCUT2D eigenvalue weighted by Crippen LogP contribution is -2.11. The summed E-state index contributed by atoms with van der Waals surface area (Å²) in [6.07, 6.45) is 5.21. The number of hydrogen-bond acceptors (Lipinski definition) is 6. The molecule has 0 bridgehead atoms. The Hall–Kier alpha value is -4.91. The normalized spacial score (nSPS) is 10.6. The van der Waals surface area contributed by atoms with E-state index in [1.165, 1.54) is 0 Å². The number of nitrogens with one attached hydrogen (secondary N) is 3. The summed E-state index contributed by atoms with van der Waals surface area (Å²) in [6.45, 7) is 0. The number of amides is 1. The Kier molecular flexibility index (Phi) is 5.73. The molecule has 0 saturated carbocycles. The van der Waals surface area contributed by atoms with Crippen LogP contribution in [0.25, 0.3) is 10.9 Å². The molecule has 0 fully saturated rings. The summed E-state index contributed by atoms with van der Waals surface area (Å²) in [4.78, 5) is 21.1. The van der Waals surface area contributed by atoms with Gasteiger partial charge in [-0.1, -0.05) is 0 Å². The number of nitrogens with zero attached hydrogens (tertiary/aromatic N) is 2. The maximum atomic E-state index is 12.7. The Morgan fingerprint density at radius 2 is 1.32 bits per heavy atom. The summed E-state index contributed by atoms with van der Waals surface area (Å²) >= 11 is 0. The molecule has 2 aromatic heterocycles. The Labute approximate surface area is 196 Å². The SMILES string of the molecule is Nc1ccc2nccc(Nc3ccc(C(=O)Nc4ccc(Nc5ccncc5)cc4)cc3)c2c1. The third-order valence-electron chi connectivity index (χ3n) is 5.30. The van der Waals surface area contributed by atoms with Crippen molar-refractivity contribution in [1.29, 1.82) is 0 Å². The third kappa shape index (κ3) is 4.78. The van der Waals surface area contributed by atoms with Gasteiger partial charge in [0.1, 0.15) is 0 Å². The lowest BCUT2D eigenvalue weighted by atomic mass is 10.1. The van der Waals surface area contributed by atoms with Gasteiger partial charge in [0.2, 0.25) is 0 Å². The number of hydrogen-bond donors (Lipinski definition) is 4. The molecule has 5 N–H and O–H groups in total. The summed E-state index contributed by atoms with van der Waals surface area (Å²) in [7, 11) is 0. The molecule has 0 aliphatic carbocycles. The first kappa shape index (κ1) is 21.0. The minimum atomic E-state index is -0.177. The fourth-order valence-corrected chi connectivity index (χ4v) is 3.58. The topological polar surface area (TPSA) is 105 Å². The maximum absolute atomic E-state index is 12.7. The number of fused-ring (bicyclic) bond motifs is 1. The lowest BCUT2D eigenvalue weighted by Gasteiger charge is -2.11. The van der Waals surface area contributed by atoms with Crippen molar-refractivity contribution in [3.05, 3.63) is 109 Å². The molecule has 2 heterocycles. The van der Waals surface area contributed by atoms with Crippen molar-refractivity contribution in [3.8, 4) is 0 Å². The molecule has 3 aromatic carbocycles. The number of rotatable bonds is 6. The summed E-state index contributed by atoms with van der Waals surface area (Å²) in [5.74, 6) is -0.177. The monoisotopic (exact) mass is 446 g/mol. The molecule has 5 rings (SSSR count). The molecule has 0 aliphatic heterocycles. The zero-order valence-corrected chi connectivity index (χ0v) is 18.2. The van der Waals surface area contributed by atoms with Gasteiger partial charge in [-0.2, -0.15) is 0 Å². The predicted molar refractivity (Wildman–Crippen MR) is 138 cm³/mol. The highest BCUT2D eigenvalue weighted by Crippen LogP contribution is 2.27. The van der Waals surface area contributed by atoms with Gasteiger partial charge in [-0.15, -0.1) is 0 Å². The van der Waals surface area contributed by atoms with Crippen molar-refractivity contribution in [3.63, 3.8) is 0 Å². The first-order chi connectivity index (χ1) is 16.6. The van der Waals surface area contributed by atoms with E-state index in [0.717, 1.165) is 33.7 Å². The summed E-state index contributed by atoms with van der Waals surface area (Å²) in [5, 5.41) is 10.5. The second kappa shape index (κ2) is 9.30. The minimum Gasteiger partial charge on any atom is -0.399 e. The predicted octanol–water partition coefficient (Wildman–Crippen LogP) is 5.95. The first-order valence-electron chi connectivity index (χ1n) is 10.7. The van der Waals surface area contributed by atoms with Gasteiger partial charge in [0.25, 0.3) is 5.91 Å². The van der Waals surface area contributed by atoms with E-state index in [-0.39, 0.29) is 5.91 Å². The number of anilines is 6. The molecule has 0 radical (unpaired) electrons. The lowest BCUT2D eigenvalue weighted by molar-refractivity contribution is 0.102. The molecule has 0 saturated heterocycles. The molecule has 7 heteroatoms. The van der Waals surface area contributed by atoms with Gasteiger partial charge in [-0.05, 0) is 84.9 Å². The summed E-state index contributed by atoms with van der Waals surface area (Å²) in [6, 6.07) is 26.1. The Balaban J connectivity index is 1.24. The van der Waals surface area contributed by atoms with Crippen LogP contribution in [0.4, 0.5) is 34.1 Å². The van der Waals surface area contributed by atoms with Crippen LogP contribution in [0.2, 0.25) is 0 Å². The largest absolute Gasteiger partial charge is 0.399 e. The van der Waals surface area contributed by atoms with E-state index in [1.807, 2.05) is 72.8 Å². The van der Waals surface area contributed by atoms with E-state index >= 15 is 0 Å². The third-order valence-corrected chi connectivity index (χ3v) is 5.30. The van der Waals surface area contributed by atoms with Crippen molar-refractivity contribution in [1.82, 2.24) is 9.97 Å². The van der Waals surface area contributed by atoms with Crippen molar-refractivity contribution in [2.75, 3.05) is 21.7 Å². The van der Waals surface area contributed by atoms with Gasteiger partial charge in [-0.3, -0.25) is 14.8 Å². The second-order valence-corrected chi connectivity index (χ2v) is 7.73. The Morgan fingerprint density at radius 3 is 2.09 bits per heavy atom. The number of benzene rings is 3. The Bertz CT molecular complexity index is 1430. The molecule has 0 aliphatic rings. The molecule has 0 unspecified atom stereocenters. The average molecular weight is 447 g/mol. The van der Waals surface area contributed by atoms with Gasteiger partial charge < -0.3 is 21.7 Å². The highest BCUT2D eigenvalue weighted by Gasteiger charge is 2.08. The van der Waals surface area contributed by atoms with Crippen molar-refractivity contribution in [2.45, 2.75) is 0 Å². The average Bonchev–Trinajstić information content (AvgIpc) is 2.87. The smallest absolute Gasteiger partial charge is 0.255 e. The number of nitrogen functional groups attached to an aromatic ring is 1. The number of aromatic nitrogens is 2. The van der Waals surface area contributed by atoms with Crippen molar-refractivity contribution >= 4 is 50.9 Å². The van der Waals surface area contributed by atoms with Crippen LogP contribution in [0.15, 0.2) is 104 Å².